The number of aryl methyl sites for hydroxylation is 1. The van der Waals surface area contributed by atoms with Crippen molar-refractivity contribution in [2.45, 2.75) is 49.9 Å². The van der Waals surface area contributed by atoms with Crippen LogP contribution in [-0.4, -0.2) is 46.3 Å². The van der Waals surface area contributed by atoms with Crippen LogP contribution in [0, 0.1) is 12.8 Å². The molecule has 5 rings (SSSR count). The minimum atomic E-state index is 0.329. The lowest BCUT2D eigenvalue weighted by Gasteiger charge is -2.34. The highest BCUT2D eigenvalue weighted by atomic mass is 32.2. The first kappa shape index (κ1) is 23.1. The molecule has 1 saturated heterocycles. The Hall–Kier alpha value is -2.64. The van der Waals surface area contributed by atoms with Gasteiger partial charge in [-0.2, -0.15) is 0 Å². The van der Waals surface area contributed by atoms with E-state index in [1.807, 2.05) is 36.7 Å². The van der Waals surface area contributed by atoms with Crippen LogP contribution < -0.4 is 9.47 Å². The van der Waals surface area contributed by atoms with Crippen LogP contribution in [0.2, 0.25) is 0 Å². The average molecular weight is 477 g/mol. The summed E-state index contributed by atoms with van der Waals surface area (Å²) in [5.74, 6) is 3.54. The van der Waals surface area contributed by atoms with E-state index in [4.69, 9.17) is 14.5 Å². The molecule has 3 aromatic rings. The largest absolute Gasteiger partial charge is 0.454 e. The number of aromatic nitrogens is 3. The predicted molar refractivity (Wildman–Crippen MR) is 134 cm³/mol. The second kappa shape index (κ2) is 10.7. The quantitative estimate of drug-likeness (QED) is 0.325. The molecule has 0 N–H and O–H groups in total. The van der Waals surface area contributed by atoms with Crippen molar-refractivity contribution in [1.29, 1.82) is 0 Å². The molecule has 0 unspecified atom stereocenters. The van der Waals surface area contributed by atoms with Gasteiger partial charge in [-0.1, -0.05) is 30.8 Å². The normalized spacial score (nSPS) is 18.7. The Morgan fingerprint density at radius 1 is 1.15 bits per heavy atom. The number of hydrogen-bond donors (Lipinski definition) is 0. The number of hydrogen-bond acceptors (Lipinski definition) is 7. The third kappa shape index (κ3) is 5.70. The Morgan fingerprint density at radius 2 is 2.06 bits per heavy atom. The fraction of sp³-hybridized carbons (Fsp3) is 0.444. The molecule has 34 heavy (non-hydrogen) atoms. The van der Waals surface area contributed by atoms with Gasteiger partial charge in [-0.05, 0) is 74.0 Å². The maximum atomic E-state index is 5.55. The molecule has 2 aliphatic heterocycles. The van der Waals surface area contributed by atoms with Gasteiger partial charge in [0, 0.05) is 37.2 Å². The zero-order valence-electron chi connectivity index (χ0n) is 19.9. The van der Waals surface area contributed by atoms with Gasteiger partial charge in [-0.3, -0.25) is 4.98 Å². The van der Waals surface area contributed by atoms with E-state index in [0.29, 0.717) is 18.6 Å². The van der Waals surface area contributed by atoms with Crippen molar-refractivity contribution >= 4 is 11.8 Å². The highest BCUT2D eigenvalue weighted by Gasteiger charge is 2.25. The molecule has 2 aromatic heterocycles. The van der Waals surface area contributed by atoms with Crippen molar-refractivity contribution in [1.82, 2.24) is 19.9 Å². The first-order chi connectivity index (χ1) is 16.6. The number of nitrogens with zero attached hydrogens (tertiary/aromatic N) is 4. The Kier molecular flexibility index (Phi) is 7.30. The summed E-state index contributed by atoms with van der Waals surface area (Å²) in [7, 11) is 0. The molecule has 7 heteroatoms. The molecular weight excluding hydrogens is 444 g/mol. The Bertz CT molecular complexity index is 1110. The van der Waals surface area contributed by atoms with Crippen LogP contribution in [-0.2, 0) is 12.2 Å². The molecule has 0 radical (unpaired) electrons. The monoisotopic (exact) mass is 476 g/mol. The smallest absolute Gasteiger partial charge is 0.231 e. The molecular formula is C27H32N4O2S. The van der Waals surface area contributed by atoms with Crippen molar-refractivity contribution in [3.63, 3.8) is 0 Å². The van der Waals surface area contributed by atoms with Crippen molar-refractivity contribution in [2.75, 3.05) is 26.4 Å². The minimum absolute atomic E-state index is 0.329. The highest BCUT2D eigenvalue weighted by molar-refractivity contribution is 7.98. The van der Waals surface area contributed by atoms with Crippen LogP contribution in [0.4, 0.5) is 0 Å². The molecule has 1 fully saturated rings. The van der Waals surface area contributed by atoms with Crippen LogP contribution in [0.15, 0.2) is 53.9 Å². The number of likely N-dealkylation sites (tertiary alicyclic amines) is 1. The van der Waals surface area contributed by atoms with Gasteiger partial charge < -0.3 is 14.4 Å². The summed E-state index contributed by atoms with van der Waals surface area (Å²) < 4.78 is 11.0. The molecule has 2 atom stereocenters. The average Bonchev–Trinajstić information content (AvgIpc) is 3.32. The summed E-state index contributed by atoms with van der Waals surface area (Å²) in [4.78, 5) is 16.6. The SMILES string of the molecule is Cc1cnc(SCc2ccccn2)nc1[C@H]1CCCN(C[C@@H](C)Cc2ccc3c(c2)OCO3)C1. The summed E-state index contributed by atoms with van der Waals surface area (Å²) in [5.41, 5.74) is 4.78. The molecule has 2 aliphatic rings. The van der Waals surface area contributed by atoms with E-state index in [2.05, 4.69) is 40.8 Å². The lowest BCUT2D eigenvalue weighted by Crippen LogP contribution is -2.38. The summed E-state index contributed by atoms with van der Waals surface area (Å²) in [6.45, 7) is 8.13. The third-order valence-corrected chi connectivity index (χ3v) is 7.44. The van der Waals surface area contributed by atoms with Crippen LogP contribution >= 0.6 is 11.8 Å². The number of thioether (sulfide) groups is 1. The van der Waals surface area contributed by atoms with Crippen LogP contribution in [0.5, 0.6) is 11.5 Å². The number of fused-ring (bicyclic) bond motifs is 1. The van der Waals surface area contributed by atoms with Gasteiger partial charge in [0.1, 0.15) is 0 Å². The Morgan fingerprint density at radius 3 is 2.94 bits per heavy atom. The van der Waals surface area contributed by atoms with Gasteiger partial charge in [-0.25, -0.2) is 9.97 Å². The fourth-order valence-electron chi connectivity index (χ4n) is 4.96. The van der Waals surface area contributed by atoms with E-state index in [0.717, 1.165) is 54.2 Å². The van der Waals surface area contributed by atoms with Gasteiger partial charge >= 0.3 is 0 Å². The standard InChI is InChI=1S/C27H32N4O2S/c1-19(12-21-8-9-24-25(13-21)33-18-32-24)15-31-11-5-6-22(16-31)26-20(2)14-29-27(30-26)34-17-23-7-3-4-10-28-23/h3-4,7-10,13-14,19,22H,5-6,11-12,15-18H2,1-2H3/t19-,22-/m0/s1. The van der Waals surface area contributed by atoms with Gasteiger partial charge in [0.15, 0.2) is 16.7 Å². The second-order valence-electron chi connectivity index (χ2n) is 9.43. The van der Waals surface area contributed by atoms with Gasteiger partial charge in [0.2, 0.25) is 6.79 Å². The Labute approximate surface area is 206 Å². The van der Waals surface area contributed by atoms with Crippen molar-refractivity contribution in [3.05, 3.63) is 71.3 Å². The molecule has 178 valence electrons. The highest BCUT2D eigenvalue weighted by Crippen LogP contribution is 2.34. The molecule has 0 bridgehead atoms. The zero-order valence-corrected chi connectivity index (χ0v) is 20.8. The van der Waals surface area contributed by atoms with Crippen LogP contribution in [0.1, 0.15) is 48.2 Å². The first-order valence-corrected chi connectivity index (χ1v) is 13.1. The number of piperidine rings is 1. The van der Waals surface area contributed by atoms with Crippen molar-refractivity contribution in [2.24, 2.45) is 5.92 Å². The Balaban J connectivity index is 1.19. The minimum Gasteiger partial charge on any atom is -0.454 e. The van der Waals surface area contributed by atoms with Gasteiger partial charge in [-0.15, -0.1) is 0 Å². The zero-order chi connectivity index (χ0) is 23.3. The lowest BCUT2D eigenvalue weighted by molar-refractivity contribution is 0.174. The van der Waals surface area contributed by atoms with E-state index >= 15 is 0 Å². The lowest BCUT2D eigenvalue weighted by atomic mass is 9.91. The summed E-state index contributed by atoms with van der Waals surface area (Å²) in [5, 5.41) is 0.847. The maximum absolute atomic E-state index is 5.55. The van der Waals surface area contributed by atoms with Gasteiger partial charge in [0.05, 0.1) is 11.4 Å². The molecule has 0 saturated carbocycles. The van der Waals surface area contributed by atoms with Crippen molar-refractivity contribution < 1.29 is 9.47 Å². The molecule has 6 nitrogen and oxygen atoms in total. The predicted octanol–water partition coefficient (Wildman–Crippen LogP) is 5.26. The molecule has 4 heterocycles. The van der Waals surface area contributed by atoms with E-state index in [9.17, 15) is 0 Å². The van der Waals surface area contributed by atoms with Crippen LogP contribution in [0.3, 0.4) is 0 Å². The molecule has 0 spiro atoms. The maximum Gasteiger partial charge on any atom is 0.231 e. The summed E-state index contributed by atoms with van der Waals surface area (Å²) >= 11 is 1.66. The number of pyridine rings is 1. The molecule has 0 amide bonds. The van der Waals surface area contributed by atoms with Crippen LogP contribution in [0.25, 0.3) is 0 Å². The third-order valence-electron chi connectivity index (χ3n) is 6.55. The number of rotatable bonds is 8. The fourth-order valence-corrected chi connectivity index (χ4v) is 5.70. The van der Waals surface area contributed by atoms with Crippen molar-refractivity contribution in [3.8, 4) is 11.5 Å². The summed E-state index contributed by atoms with van der Waals surface area (Å²) in [6.07, 6.45) is 7.26. The topological polar surface area (TPSA) is 60.4 Å². The van der Waals surface area contributed by atoms with E-state index < -0.39 is 0 Å². The summed E-state index contributed by atoms with van der Waals surface area (Å²) in [6, 6.07) is 12.3. The number of ether oxygens (including phenoxy) is 2. The molecule has 0 aliphatic carbocycles. The second-order valence-corrected chi connectivity index (χ2v) is 10.4. The van der Waals surface area contributed by atoms with E-state index in [-0.39, 0.29) is 0 Å². The van der Waals surface area contributed by atoms with Gasteiger partial charge in [0.25, 0.3) is 0 Å². The van der Waals surface area contributed by atoms with E-state index in [1.165, 1.54) is 29.7 Å². The van der Waals surface area contributed by atoms with E-state index in [1.54, 1.807) is 11.8 Å². The number of benzene rings is 1. The molecule has 1 aromatic carbocycles. The first-order valence-electron chi connectivity index (χ1n) is 12.1.